The van der Waals surface area contributed by atoms with Gasteiger partial charge in [0.05, 0.1) is 16.3 Å². The monoisotopic (exact) mass is 392 g/mol. The van der Waals surface area contributed by atoms with Crippen LogP contribution in [-0.4, -0.2) is 10.1 Å². The van der Waals surface area contributed by atoms with Gasteiger partial charge in [0.15, 0.2) is 0 Å². The minimum atomic E-state index is 0.0801. The minimum absolute atomic E-state index is 0.0801. The predicted molar refractivity (Wildman–Crippen MR) is 114 cm³/mol. The van der Waals surface area contributed by atoms with Crippen LogP contribution >= 0.6 is 23.3 Å². The SMILES string of the molecule is Cc1cccc(CC(NSc2ccccc2)c2nc3ccc(O)cc3s2)c1. The number of aromatic hydroxyl groups is 1. The Morgan fingerprint density at radius 3 is 2.70 bits per heavy atom. The number of phenolic OH excluding ortho intramolecular Hbond substituents is 1. The number of aryl methyl sites for hydroxylation is 1. The fourth-order valence-corrected chi connectivity index (χ4v) is 4.85. The zero-order valence-electron chi connectivity index (χ0n) is 14.9. The van der Waals surface area contributed by atoms with Gasteiger partial charge < -0.3 is 5.11 Å². The number of benzene rings is 3. The lowest BCUT2D eigenvalue weighted by atomic mass is 10.0. The van der Waals surface area contributed by atoms with Crippen LogP contribution in [0.25, 0.3) is 10.2 Å². The fraction of sp³-hybridized carbons (Fsp3) is 0.136. The summed E-state index contributed by atoms with van der Waals surface area (Å²) in [6.45, 7) is 2.12. The summed E-state index contributed by atoms with van der Waals surface area (Å²) in [5, 5.41) is 10.8. The third-order valence-electron chi connectivity index (χ3n) is 4.27. The number of aromatic nitrogens is 1. The molecule has 2 N–H and O–H groups in total. The van der Waals surface area contributed by atoms with Crippen LogP contribution in [-0.2, 0) is 6.42 Å². The molecule has 136 valence electrons. The van der Waals surface area contributed by atoms with E-state index >= 15 is 0 Å². The molecule has 5 heteroatoms. The van der Waals surface area contributed by atoms with Crippen molar-refractivity contribution in [2.75, 3.05) is 0 Å². The summed E-state index contributed by atoms with van der Waals surface area (Å²) in [4.78, 5) is 5.99. The molecule has 4 aromatic rings. The largest absolute Gasteiger partial charge is 0.508 e. The summed E-state index contributed by atoms with van der Waals surface area (Å²) < 4.78 is 4.60. The van der Waals surface area contributed by atoms with Gasteiger partial charge in [-0.3, -0.25) is 0 Å². The third kappa shape index (κ3) is 4.50. The number of phenols is 1. The zero-order chi connectivity index (χ0) is 18.6. The van der Waals surface area contributed by atoms with Crippen molar-refractivity contribution in [2.24, 2.45) is 0 Å². The fourth-order valence-electron chi connectivity index (χ4n) is 2.96. The van der Waals surface area contributed by atoms with E-state index in [1.165, 1.54) is 16.0 Å². The molecule has 3 aromatic carbocycles. The quantitative estimate of drug-likeness (QED) is 0.402. The molecule has 1 atom stereocenters. The molecule has 0 saturated heterocycles. The van der Waals surface area contributed by atoms with Crippen LogP contribution in [0.5, 0.6) is 5.75 Å². The summed E-state index contributed by atoms with van der Waals surface area (Å²) in [6.07, 6.45) is 0.854. The lowest BCUT2D eigenvalue weighted by Crippen LogP contribution is -2.16. The van der Waals surface area contributed by atoms with Crippen molar-refractivity contribution in [3.8, 4) is 5.75 Å². The Balaban J connectivity index is 1.63. The first-order valence-electron chi connectivity index (χ1n) is 8.80. The number of fused-ring (bicyclic) bond motifs is 1. The van der Waals surface area contributed by atoms with Gasteiger partial charge in [0.25, 0.3) is 0 Å². The number of hydrogen-bond acceptors (Lipinski definition) is 5. The Morgan fingerprint density at radius 1 is 1.04 bits per heavy atom. The first-order chi connectivity index (χ1) is 13.2. The van der Waals surface area contributed by atoms with E-state index in [2.05, 4.69) is 48.0 Å². The normalized spacial score (nSPS) is 12.3. The summed E-state index contributed by atoms with van der Waals surface area (Å²) >= 11 is 3.26. The summed E-state index contributed by atoms with van der Waals surface area (Å²) in [5.74, 6) is 0.277. The molecule has 1 aromatic heterocycles. The van der Waals surface area contributed by atoms with Gasteiger partial charge in [-0.15, -0.1) is 11.3 Å². The van der Waals surface area contributed by atoms with Crippen LogP contribution in [0.15, 0.2) is 77.7 Å². The number of rotatable bonds is 6. The molecule has 0 saturated carbocycles. The Morgan fingerprint density at radius 2 is 1.89 bits per heavy atom. The Hall–Kier alpha value is -2.34. The van der Waals surface area contributed by atoms with Crippen molar-refractivity contribution >= 4 is 33.5 Å². The highest BCUT2D eigenvalue weighted by Gasteiger charge is 2.18. The number of hydrogen-bond donors (Lipinski definition) is 2. The number of nitrogens with zero attached hydrogens (tertiary/aromatic N) is 1. The molecule has 27 heavy (non-hydrogen) atoms. The average molecular weight is 393 g/mol. The summed E-state index contributed by atoms with van der Waals surface area (Å²) in [6, 6.07) is 24.3. The van der Waals surface area contributed by atoms with Gasteiger partial charge in [-0.2, -0.15) is 0 Å². The Labute approximate surface area is 167 Å². The molecular weight excluding hydrogens is 372 g/mol. The first kappa shape index (κ1) is 18.0. The molecule has 0 amide bonds. The Kier molecular flexibility index (Phi) is 5.43. The Bertz CT molecular complexity index is 1050. The van der Waals surface area contributed by atoms with Crippen molar-refractivity contribution < 1.29 is 5.11 Å². The van der Waals surface area contributed by atoms with Crippen molar-refractivity contribution in [3.05, 3.63) is 88.9 Å². The van der Waals surface area contributed by atoms with Crippen LogP contribution in [0.2, 0.25) is 0 Å². The third-order valence-corrected chi connectivity index (χ3v) is 6.31. The maximum Gasteiger partial charge on any atom is 0.117 e. The van der Waals surface area contributed by atoms with Crippen LogP contribution in [0.4, 0.5) is 0 Å². The van der Waals surface area contributed by atoms with E-state index in [-0.39, 0.29) is 11.8 Å². The van der Waals surface area contributed by atoms with Crippen molar-refractivity contribution in [1.29, 1.82) is 0 Å². The van der Waals surface area contributed by atoms with E-state index in [1.807, 2.05) is 24.3 Å². The van der Waals surface area contributed by atoms with E-state index in [4.69, 9.17) is 4.98 Å². The molecular formula is C22H20N2OS2. The van der Waals surface area contributed by atoms with E-state index < -0.39 is 0 Å². The second-order valence-electron chi connectivity index (χ2n) is 6.48. The number of nitrogens with one attached hydrogen (secondary N) is 1. The topological polar surface area (TPSA) is 45.2 Å². The van der Waals surface area contributed by atoms with Gasteiger partial charge in [-0.25, -0.2) is 9.71 Å². The minimum Gasteiger partial charge on any atom is -0.508 e. The maximum absolute atomic E-state index is 9.76. The maximum atomic E-state index is 9.76. The van der Waals surface area contributed by atoms with Gasteiger partial charge in [-0.1, -0.05) is 48.0 Å². The molecule has 4 rings (SSSR count). The van der Waals surface area contributed by atoms with Gasteiger partial charge in [0, 0.05) is 4.90 Å². The molecule has 0 aliphatic carbocycles. The molecule has 0 bridgehead atoms. The zero-order valence-corrected chi connectivity index (χ0v) is 16.6. The standard InChI is InChI=1S/C22H20N2OS2/c1-15-6-5-7-16(12-15)13-20(24-27-18-8-3-2-4-9-18)22-23-19-11-10-17(25)14-21(19)26-22/h2-12,14,20,24-25H,13H2,1H3. The molecule has 0 spiro atoms. The van der Waals surface area contributed by atoms with Gasteiger partial charge in [0.1, 0.15) is 10.8 Å². The second-order valence-corrected chi connectivity index (χ2v) is 8.46. The van der Waals surface area contributed by atoms with Crippen molar-refractivity contribution in [3.63, 3.8) is 0 Å². The molecule has 0 radical (unpaired) electrons. The molecule has 0 aliphatic rings. The van der Waals surface area contributed by atoms with E-state index in [1.54, 1.807) is 35.4 Å². The highest BCUT2D eigenvalue weighted by molar-refractivity contribution is 7.97. The summed E-state index contributed by atoms with van der Waals surface area (Å²) in [7, 11) is 0. The van der Waals surface area contributed by atoms with Gasteiger partial charge >= 0.3 is 0 Å². The van der Waals surface area contributed by atoms with Crippen LogP contribution in [0.1, 0.15) is 22.2 Å². The first-order valence-corrected chi connectivity index (χ1v) is 10.4. The smallest absolute Gasteiger partial charge is 0.117 e. The van der Waals surface area contributed by atoms with Gasteiger partial charge in [0.2, 0.25) is 0 Å². The molecule has 1 unspecified atom stereocenters. The molecule has 0 fully saturated rings. The van der Waals surface area contributed by atoms with Crippen molar-refractivity contribution in [2.45, 2.75) is 24.3 Å². The number of thiazole rings is 1. The van der Waals surface area contributed by atoms with E-state index in [9.17, 15) is 5.11 Å². The molecule has 3 nitrogen and oxygen atoms in total. The predicted octanol–water partition coefficient (Wildman–Crippen LogP) is 5.89. The van der Waals surface area contributed by atoms with Gasteiger partial charge in [-0.05, 0) is 61.2 Å². The molecule has 1 heterocycles. The van der Waals surface area contributed by atoms with Crippen LogP contribution in [0.3, 0.4) is 0 Å². The second kappa shape index (κ2) is 8.13. The highest BCUT2D eigenvalue weighted by atomic mass is 32.2. The van der Waals surface area contributed by atoms with Crippen LogP contribution < -0.4 is 4.72 Å². The molecule has 0 aliphatic heterocycles. The van der Waals surface area contributed by atoms with Crippen LogP contribution in [0, 0.1) is 6.92 Å². The van der Waals surface area contributed by atoms with E-state index in [0.29, 0.717) is 0 Å². The van der Waals surface area contributed by atoms with Crippen molar-refractivity contribution in [1.82, 2.24) is 9.71 Å². The summed E-state index contributed by atoms with van der Waals surface area (Å²) in [5.41, 5.74) is 3.47. The average Bonchev–Trinajstić information content (AvgIpc) is 3.09. The van der Waals surface area contributed by atoms with E-state index in [0.717, 1.165) is 21.6 Å². The lowest BCUT2D eigenvalue weighted by molar-refractivity contribution is 0.476. The highest BCUT2D eigenvalue weighted by Crippen LogP contribution is 2.32. The lowest BCUT2D eigenvalue weighted by Gasteiger charge is -2.16.